The van der Waals surface area contributed by atoms with E-state index in [4.69, 9.17) is 10.7 Å². The summed E-state index contributed by atoms with van der Waals surface area (Å²) in [4.78, 5) is 22.9. The second-order valence-electron chi connectivity index (χ2n) is 8.45. The minimum Gasteiger partial charge on any atom is -0.369 e. The first-order valence-corrected chi connectivity index (χ1v) is 11.3. The zero-order valence-corrected chi connectivity index (χ0v) is 18.8. The highest BCUT2D eigenvalue weighted by Crippen LogP contribution is 2.48. The van der Waals surface area contributed by atoms with E-state index in [1.54, 1.807) is 24.5 Å². The van der Waals surface area contributed by atoms with E-state index in [-0.39, 0.29) is 17.8 Å². The lowest BCUT2D eigenvalue weighted by Crippen LogP contribution is -2.54. The fourth-order valence-corrected chi connectivity index (χ4v) is 5.71. The predicted octanol–water partition coefficient (Wildman–Crippen LogP) is 3.71. The largest absolute Gasteiger partial charge is 0.369 e. The lowest BCUT2D eigenvalue weighted by molar-refractivity contribution is -0.132. The number of amides is 1. The summed E-state index contributed by atoms with van der Waals surface area (Å²) in [5.74, 6) is -0.0787. The van der Waals surface area contributed by atoms with Gasteiger partial charge in [-0.25, -0.2) is 4.99 Å². The molecular weight excluding hydrogens is 418 g/mol. The molecule has 2 aliphatic rings. The Morgan fingerprint density at radius 3 is 2.72 bits per heavy atom. The van der Waals surface area contributed by atoms with Crippen molar-refractivity contribution in [1.82, 2.24) is 4.90 Å². The minimum absolute atomic E-state index is 0.00598. The topological polar surface area (TPSA) is 85.7 Å². The summed E-state index contributed by atoms with van der Waals surface area (Å²) in [6, 6.07) is 20.2. The van der Waals surface area contributed by atoms with Crippen LogP contribution in [0, 0.1) is 24.2 Å². The number of thiophene rings is 1. The molecular formula is C25H23N5OS. The van der Waals surface area contributed by atoms with Gasteiger partial charge < -0.3 is 10.6 Å². The van der Waals surface area contributed by atoms with E-state index in [1.165, 1.54) is 10.5 Å². The van der Waals surface area contributed by atoms with Crippen LogP contribution >= 0.6 is 11.3 Å². The molecule has 2 aromatic carbocycles. The molecule has 3 aromatic rings. The number of nitriles is 1. The SMILES string of the molecule is Cc1ccc(N2CC3C(=O)N(C)C(N)=N[C@@]3(c3cc(-c4cccc(C#N)c4)cs3)C2)cc1. The van der Waals surface area contributed by atoms with E-state index in [0.29, 0.717) is 18.7 Å². The average molecular weight is 442 g/mol. The van der Waals surface area contributed by atoms with E-state index in [1.807, 2.05) is 18.2 Å². The zero-order chi connectivity index (χ0) is 22.5. The number of fused-ring (bicyclic) bond motifs is 1. The quantitative estimate of drug-likeness (QED) is 0.671. The van der Waals surface area contributed by atoms with Gasteiger partial charge in [0, 0.05) is 30.7 Å². The van der Waals surface area contributed by atoms with Crippen LogP contribution in [-0.4, -0.2) is 36.9 Å². The van der Waals surface area contributed by atoms with Gasteiger partial charge in [-0.3, -0.25) is 9.69 Å². The number of carbonyl (C=O) groups is 1. The van der Waals surface area contributed by atoms with Gasteiger partial charge in [0.1, 0.15) is 5.54 Å². The van der Waals surface area contributed by atoms with Gasteiger partial charge in [0.2, 0.25) is 5.91 Å². The van der Waals surface area contributed by atoms with E-state index in [0.717, 1.165) is 21.7 Å². The highest BCUT2D eigenvalue weighted by atomic mass is 32.1. The third kappa shape index (κ3) is 3.15. The Morgan fingerprint density at radius 2 is 1.97 bits per heavy atom. The Bertz CT molecular complexity index is 1270. The Kier molecular flexibility index (Phi) is 4.75. The maximum Gasteiger partial charge on any atom is 0.236 e. The zero-order valence-electron chi connectivity index (χ0n) is 17.9. The molecule has 0 aliphatic carbocycles. The molecule has 32 heavy (non-hydrogen) atoms. The van der Waals surface area contributed by atoms with Gasteiger partial charge in [0.25, 0.3) is 0 Å². The van der Waals surface area contributed by atoms with Crippen molar-refractivity contribution in [1.29, 1.82) is 5.26 Å². The molecule has 2 aliphatic heterocycles. The molecule has 6 nitrogen and oxygen atoms in total. The third-order valence-corrected chi connectivity index (χ3v) is 7.55. The molecule has 160 valence electrons. The Labute approximate surface area is 191 Å². The molecule has 1 saturated heterocycles. The maximum atomic E-state index is 13.3. The van der Waals surface area contributed by atoms with Crippen LogP contribution < -0.4 is 10.6 Å². The number of anilines is 1. The molecule has 2 N–H and O–H groups in total. The summed E-state index contributed by atoms with van der Waals surface area (Å²) >= 11 is 1.59. The number of nitrogens with two attached hydrogens (primary N) is 1. The van der Waals surface area contributed by atoms with Gasteiger partial charge in [0.15, 0.2) is 5.96 Å². The Morgan fingerprint density at radius 1 is 1.19 bits per heavy atom. The van der Waals surface area contributed by atoms with Crippen LogP contribution in [0.5, 0.6) is 0 Å². The molecule has 0 saturated carbocycles. The highest BCUT2D eigenvalue weighted by molar-refractivity contribution is 7.10. The summed E-state index contributed by atoms with van der Waals surface area (Å²) in [5, 5.41) is 11.3. The minimum atomic E-state index is -0.728. The molecule has 1 unspecified atom stereocenters. The molecule has 2 atom stereocenters. The van der Waals surface area contributed by atoms with Gasteiger partial charge >= 0.3 is 0 Å². The molecule has 0 bridgehead atoms. The molecule has 5 rings (SSSR count). The number of nitrogens with zero attached hydrogens (tertiary/aromatic N) is 4. The van der Waals surface area contributed by atoms with Crippen molar-refractivity contribution in [3.8, 4) is 17.2 Å². The fraction of sp³-hybridized carbons (Fsp3) is 0.240. The second-order valence-corrected chi connectivity index (χ2v) is 9.36. The van der Waals surface area contributed by atoms with Gasteiger partial charge in [-0.15, -0.1) is 11.3 Å². The van der Waals surface area contributed by atoms with E-state index in [9.17, 15) is 10.1 Å². The van der Waals surface area contributed by atoms with Crippen LogP contribution in [0.25, 0.3) is 11.1 Å². The Hall–Kier alpha value is -3.63. The molecule has 1 aromatic heterocycles. The summed E-state index contributed by atoms with van der Waals surface area (Å²) in [7, 11) is 1.69. The van der Waals surface area contributed by atoms with Crippen LogP contribution in [0.15, 0.2) is 65.0 Å². The number of benzene rings is 2. The molecule has 0 radical (unpaired) electrons. The van der Waals surface area contributed by atoms with E-state index in [2.05, 4.69) is 53.6 Å². The number of hydrogen-bond acceptors (Lipinski definition) is 6. The smallest absolute Gasteiger partial charge is 0.236 e. The number of hydrogen-bond donors (Lipinski definition) is 1. The first kappa shape index (κ1) is 20.3. The normalized spacial score (nSPS) is 22.5. The van der Waals surface area contributed by atoms with Crippen molar-refractivity contribution >= 4 is 28.9 Å². The first-order valence-electron chi connectivity index (χ1n) is 10.5. The number of aliphatic imine (C=N–C) groups is 1. The standard InChI is InChI=1S/C25H23N5OS/c1-16-6-8-20(9-7-16)30-13-21-23(31)29(2)24(27)28-25(21,15-30)22-11-19(14-32-22)18-5-3-4-17(10-18)12-26/h3-11,14,21H,13,15H2,1-2H3,(H2,27,28)/t21?,25-/m0/s1. The molecule has 1 fully saturated rings. The lowest BCUT2D eigenvalue weighted by Gasteiger charge is -2.36. The van der Waals surface area contributed by atoms with Crippen molar-refractivity contribution in [3.63, 3.8) is 0 Å². The van der Waals surface area contributed by atoms with Crippen molar-refractivity contribution in [2.75, 3.05) is 25.0 Å². The monoisotopic (exact) mass is 441 g/mol. The number of carbonyl (C=O) groups excluding carboxylic acids is 1. The van der Waals surface area contributed by atoms with Gasteiger partial charge in [0.05, 0.1) is 17.6 Å². The highest BCUT2D eigenvalue weighted by Gasteiger charge is 2.56. The average Bonchev–Trinajstić information content (AvgIpc) is 3.45. The molecule has 7 heteroatoms. The van der Waals surface area contributed by atoms with Crippen molar-refractivity contribution in [3.05, 3.63) is 76.0 Å². The van der Waals surface area contributed by atoms with Crippen LogP contribution in [-0.2, 0) is 10.3 Å². The van der Waals surface area contributed by atoms with E-state index < -0.39 is 5.54 Å². The van der Waals surface area contributed by atoms with E-state index >= 15 is 0 Å². The maximum absolute atomic E-state index is 13.3. The van der Waals surface area contributed by atoms with Crippen molar-refractivity contribution in [2.45, 2.75) is 12.5 Å². The molecule has 0 spiro atoms. The summed E-state index contributed by atoms with van der Waals surface area (Å²) in [6.07, 6.45) is 0. The number of rotatable bonds is 3. The number of aryl methyl sites for hydroxylation is 1. The Balaban J connectivity index is 1.59. The third-order valence-electron chi connectivity index (χ3n) is 6.45. The van der Waals surface area contributed by atoms with Gasteiger partial charge in [-0.05, 0) is 53.8 Å². The molecule has 3 heterocycles. The van der Waals surface area contributed by atoms with Gasteiger partial charge in [-0.2, -0.15) is 5.26 Å². The summed E-state index contributed by atoms with van der Waals surface area (Å²) in [5.41, 5.74) is 10.4. The molecule has 1 amide bonds. The predicted molar refractivity (Wildman–Crippen MR) is 127 cm³/mol. The summed E-state index contributed by atoms with van der Waals surface area (Å²) < 4.78 is 0. The number of guanidine groups is 1. The van der Waals surface area contributed by atoms with Crippen LogP contribution in [0.4, 0.5) is 5.69 Å². The van der Waals surface area contributed by atoms with Gasteiger partial charge in [-0.1, -0.05) is 29.8 Å². The van der Waals surface area contributed by atoms with Crippen LogP contribution in [0.3, 0.4) is 0 Å². The summed E-state index contributed by atoms with van der Waals surface area (Å²) in [6.45, 7) is 3.23. The lowest BCUT2D eigenvalue weighted by atomic mass is 9.83. The van der Waals surface area contributed by atoms with Crippen molar-refractivity contribution < 1.29 is 4.79 Å². The van der Waals surface area contributed by atoms with Crippen LogP contribution in [0.2, 0.25) is 0 Å². The fourth-order valence-electron chi connectivity index (χ4n) is 4.60. The first-order chi connectivity index (χ1) is 15.4. The van der Waals surface area contributed by atoms with Crippen LogP contribution in [0.1, 0.15) is 16.0 Å². The second kappa shape index (κ2) is 7.50. The van der Waals surface area contributed by atoms with Crippen molar-refractivity contribution in [2.24, 2.45) is 16.6 Å².